The number of fused-ring (bicyclic) bond motifs is 1. The lowest BCUT2D eigenvalue weighted by Gasteiger charge is -2.22. The van der Waals surface area contributed by atoms with E-state index in [-0.39, 0.29) is 25.0 Å². The van der Waals surface area contributed by atoms with Gasteiger partial charge in [0.1, 0.15) is 12.8 Å². The van der Waals surface area contributed by atoms with E-state index in [4.69, 9.17) is 19.4 Å². The standard InChI is InChI=1S/C27H32N12O5/c1-36-12-18(29-13-36)8-10-28-27-31-24(38(15-40)11-9-17-6-4-3-5-7-17)19-25(32-27)39(14-30-19)26-20(42)21(43-16-41)22(44-26)23-33-35-37(2)34-23/h3-7,12-14,16,20-22,26,40,42H,8-11,15H2,1-2H3,(H,28,31,32)/t20-,21+,22+,26-/m1/s1. The van der Waals surface area contributed by atoms with E-state index < -0.39 is 24.5 Å². The Morgan fingerprint density at radius 1 is 1.14 bits per heavy atom. The number of nitrogens with zero attached hydrogens (tertiary/aromatic N) is 11. The predicted molar refractivity (Wildman–Crippen MR) is 154 cm³/mol. The molecule has 0 spiro atoms. The van der Waals surface area contributed by atoms with Crippen LogP contribution in [0.2, 0.25) is 0 Å². The van der Waals surface area contributed by atoms with Gasteiger partial charge in [-0.05, 0) is 17.2 Å². The lowest BCUT2D eigenvalue weighted by atomic mass is 10.1. The van der Waals surface area contributed by atoms with Gasteiger partial charge in [-0.25, -0.2) is 9.97 Å². The van der Waals surface area contributed by atoms with Crippen molar-refractivity contribution < 1.29 is 24.5 Å². The van der Waals surface area contributed by atoms with Crippen LogP contribution in [-0.4, -0.2) is 98.0 Å². The van der Waals surface area contributed by atoms with Gasteiger partial charge in [0.25, 0.3) is 6.47 Å². The van der Waals surface area contributed by atoms with Gasteiger partial charge in [0, 0.05) is 32.8 Å². The van der Waals surface area contributed by atoms with Crippen molar-refractivity contribution in [1.29, 1.82) is 0 Å². The molecule has 1 aromatic carbocycles. The molecule has 44 heavy (non-hydrogen) atoms. The fourth-order valence-corrected chi connectivity index (χ4v) is 5.15. The van der Waals surface area contributed by atoms with Crippen LogP contribution in [0, 0.1) is 0 Å². The fraction of sp³-hybridized carbons (Fsp3) is 0.407. The monoisotopic (exact) mass is 604 g/mol. The van der Waals surface area contributed by atoms with Crippen LogP contribution in [-0.2, 0) is 41.2 Å². The van der Waals surface area contributed by atoms with Crippen molar-refractivity contribution >= 4 is 29.4 Å². The molecule has 0 unspecified atom stereocenters. The first kappa shape index (κ1) is 29.1. The van der Waals surface area contributed by atoms with E-state index in [1.165, 1.54) is 11.1 Å². The Bertz CT molecular complexity index is 1710. The zero-order valence-corrected chi connectivity index (χ0v) is 24.1. The number of rotatable bonds is 13. The maximum atomic E-state index is 11.3. The molecule has 5 aromatic rings. The lowest BCUT2D eigenvalue weighted by Crippen LogP contribution is -2.32. The summed E-state index contributed by atoms with van der Waals surface area (Å²) in [6, 6.07) is 9.91. The van der Waals surface area contributed by atoms with Gasteiger partial charge in [-0.15, -0.1) is 10.2 Å². The Morgan fingerprint density at radius 3 is 2.68 bits per heavy atom. The molecule has 3 N–H and O–H groups in total. The summed E-state index contributed by atoms with van der Waals surface area (Å²) in [4.78, 5) is 32.6. The summed E-state index contributed by atoms with van der Waals surface area (Å²) in [6.45, 7) is 0.852. The third-order valence-electron chi connectivity index (χ3n) is 7.29. The third kappa shape index (κ3) is 5.92. The van der Waals surface area contributed by atoms with Gasteiger partial charge in [-0.1, -0.05) is 30.3 Å². The molecule has 5 heterocycles. The highest BCUT2D eigenvalue weighted by Crippen LogP contribution is 2.40. The van der Waals surface area contributed by atoms with Gasteiger partial charge >= 0.3 is 0 Å². The minimum absolute atomic E-state index is 0.143. The van der Waals surface area contributed by atoms with Gasteiger partial charge in [0.2, 0.25) is 11.8 Å². The summed E-state index contributed by atoms with van der Waals surface area (Å²) < 4.78 is 14.8. The van der Waals surface area contributed by atoms with E-state index >= 15 is 0 Å². The maximum Gasteiger partial charge on any atom is 0.293 e. The maximum absolute atomic E-state index is 11.3. The average molecular weight is 605 g/mol. The molecule has 17 nitrogen and oxygen atoms in total. The van der Waals surface area contributed by atoms with Gasteiger partial charge in [-0.3, -0.25) is 9.36 Å². The number of aromatic nitrogens is 10. The minimum atomic E-state index is -1.32. The van der Waals surface area contributed by atoms with Crippen LogP contribution >= 0.6 is 0 Å². The first-order valence-corrected chi connectivity index (χ1v) is 14.0. The van der Waals surface area contributed by atoms with E-state index in [1.807, 2.05) is 48.1 Å². The molecule has 1 aliphatic rings. The lowest BCUT2D eigenvalue weighted by molar-refractivity contribution is -0.140. The smallest absolute Gasteiger partial charge is 0.293 e. The number of nitrogens with one attached hydrogen (secondary N) is 1. The number of hydrogen-bond donors (Lipinski definition) is 3. The van der Waals surface area contributed by atoms with Crippen LogP contribution in [0.25, 0.3) is 11.2 Å². The third-order valence-corrected chi connectivity index (χ3v) is 7.29. The Labute approximate surface area is 251 Å². The number of imidazole rings is 2. The van der Waals surface area contributed by atoms with Crippen molar-refractivity contribution in [3.63, 3.8) is 0 Å². The quantitative estimate of drug-likeness (QED) is 0.119. The zero-order chi connectivity index (χ0) is 30.6. The molecular weight excluding hydrogens is 572 g/mol. The highest BCUT2D eigenvalue weighted by atomic mass is 16.6. The van der Waals surface area contributed by atoms with Crippen LogP contribution < -0.4 is 10.2 Å². The number of benzene rings is 1. The van der Waals surface area contributed by atoms with Crippen LogP contribution in [0.3, 0.4) is 0 Å². The highest BCUT2D eigenvalue weighted by molar-refractivity contribution is 5.85. The molecule has 6 rings (SSSR count). The first-order chi connectivity index (χ1) is 21.4. The number of tetrazole rings is 1. The highest BCUT2D eigenvalue weighted by Gasteiger charge is 2.49. The van der Waals surface area contributed by atoms with Gasteiger partial charge in [0.05, 0.1) is 25.4 Å². The summed E-state index contributed by atoms with van der Waals surface area (Å²) in [5.74, 6) is 0.821. The minimum Gasteiger partial charge on any atom is -0.458 e. The van der Waals surface area contributed by atoms with E-state index in [2.05, 4.69) is 30.7 Å². The second-order valence-electron chi connectivity index (χ2n) is 10.3. The molecule has 4 atom stereocenters. The van der Waals surface area contributed by atoms with Crippen molar-refractivity contribution in [3.8, 4) is 0 Å². The number of carbonyl (C=O) groups excluding carboxylic acids is 1. The van der Waals surface area contributed by atoms with E-state index in [9.17, 15) is 15.0 Å². The number of aliphatic hydroxyl groups excluding tert-OH is 2. The van der Waals surface area contributed by atoms with Crippen molar-refractivity contribution in [2.24, 2.45) is 14.1 Å². The number of ether oxygens (including phenoxy) is 2. The Hall–Kier alpha value is -5.00. The van der Waals surface area contributed by atoms with E-state index in [0.717, 1.165) is 11.3 Å². The van der Waals surface area contributed by atoms with Crippen LogP contribution in [0.5, 0.6) is 0 Å². The molecule has 0 amide bonds. The number of anilines is 2. The molecular formula is C27H32N12O5. The summed E-state index contributed by atoms with van der Waals surface area (Å²) in [6.07, 6.45) is 1.90. The van der Waals surface area contributed by atoms with Gasteiger partial charge < -0.3 is 34.5 Å². The van der Waals surface area contributed by atoms with Crippen LogP contribution in [0.1, 0.15) is 29.4 Å². The normalized spacial score (nSPS) is 19.8. The largest absolute Gasteiger partial charge is 0.458 e. The molecule has 1 saturated heterocycles. The molecule has 0 radical (unpaired) electrons. The van der Waals surface area contributed by atoms with Crippen molar-refractivity contribution in [3.05, 3.63) is 66.3 Å². The molecule has 1 aliphatic heterocycles. The van der Waals surface area contributed by atoms with Crippen LogP contribution in [0.15, 0.2) is 49.2 Å². The van der Waals surface area contributed by atoms with Crippen molar-refractivity contribution in [1.82, 2.24) is 49.3 Å². The fourth-order valence-electron chi connectivity index (χ4n) is 5.15. The Morgan fingerprint density at radius 2 is 1.98 bits per heavy atom. The Kier molecular flexibility index (Phi) is 8.40. The number of carbonyl (C=O) groups is 1. The molecule has 0 aliphatic carbocycles. The number of aliphatic hydroxyl groups is 2. The molecule has 230 valence electrons. The molecule has 0 bridgehead atoms. The van der Waals surface area contributed by atoms with Crippen LogP contribution in [0.4, 0.5) is 11.8 Å². The first-order valence-electron chi connectivity index (χ1n) is 14.0. The average Bonchev–Trinajstić information content (AvgIpc) is 3.82. The molecule has 1 fully saturated rings. The molecule has 4 aromatic heterocycles. The summed E-state index contributed by atoms with van der Waals surface area (Å²) in [5, 5.41) is 36.9. The molecule has 17 heteroatoms. The second kappa shape index (κ2) is 12.7. The van der Waals surface area contributed by atoms with Crippen molar-refractivity contribution in [2.75, 3.05) is 30.0 Å². The van der Waals surface area contributed by atoms with Crippen molar-refractivity contribution in [2.45, 2.75) is 37.4 Å². The summed E-state index contributed by atoms with van der Waals surface area (Å²) in [7, 11) is 3.49. The summed E-state index contributed by atoms with van der Waals surface area (Å²) >= 11 is 0. The topological polar surface area (TPSA) is 196 Å². The zero-order valence-electron chi connectivity index (χ0n) is 24.1. The van der Waals surface area contributed by atoms with E-state index in [1.54, 1.807) is 22.8 Å². The second-order valence-corrected chi connectivity index (χ2v) is 10.3. The summed E-state index contributed by atoms with van der Waals surface area (Å²) in [5.41, 5.74) is 2.71. The van der Waals surface area contributed by atoms with E-state index in [0.29, 0.717) is 42.9 Å². The Balaban J connectivity index is 1.34. The van der Waals surface area contributed by atoms with Gasteiger partial charge in [0.15, 0.2) is 35.4 Å². The number of aryl methyl sites for hydroxylation is 2. The molecule has 0 saturated carbocycles. The number of hydrogen-bond acceptors (Lipinski definition) is 14. The SMILES string of the molecule is Cn1cnc(CCNc2nc(N(CO)CCc3ccccc3)c3ncn([C@@H]4O[C@H](c5nnn(C)n5)[C@@H](OC=O)[C@H]4O)c3n2)c1. The van der Waals surface area contributed by atoms with Gasteiger partial charge in [-0.2, -0.15) is 14.8 Å². The predicted octanol–water partition coefficient (Wildman–Crippen LogP) is -0.0906.